The topological polar surface area (TPSA) is 64.0 Å². The van der Waals surface area contributed by atoms with Crippen LogP contribution in [0.2, 0.25) is 0 Å². The molecular formula is C16H14BrN3O2S2. The van der Waals surface area contributed by atoms with E-state index in [9.17, 15) is 8.42 Å². The lowest BCUT2D eigenvalue weighted by Gasteiger charge is -2.09. The maximum atomic E-state index is 12.4. The quantitative estimate of drug-likeness (QED) is 0.669. The van der Waals surface area contributed by atoms with Crippen LogP contribution in [-0.2, 0) is 17.1 Å². The van der Waals surface area contributed by atoms with E-state index in [4.69, 9.17) is 0 Å². The first-order valence-corrected chi connectivity index (χ1v) is 10.1. The number of anilines is 1. The lowest BCUT2D eigenvalue weighted by atomic mass is 10.3. The molecular weight excluding hydrogens is 410 g/mol. The van der Waals surface area contributed by atoms with Gasteiger partial charge in [-0.3, -0.25) is 4.72 Å². The molecule has 1 heterocycles. The zero-order valence-electron chi connectivity index (χ0n) is 12.7. The predicted octanol–water partition coefficient (Wildman–Crippen LogP) is 4.13. The van der Waals surface area contributed by atoms with Gasteiger partial charge in [-0.25, -0.2) is 13.4 Å². The highest BCUT2D eigenvalue weighted by Gasteiger charge is 2.14. The summed E-state index contributed by atoms with van der Waals surface area (Å²) in [7, 11) is -1.68. The fraction of sp³-hybridized carbons (Fsp3) is 0.0625. The average Bonchev–Trinajstić information content (AvgIpc) is 2.94. The third kappa shape index (κ3) is 4.00. The van der Waals surface area contributed by atoms with E-state index in [1.54, 1.807) is 42.6 Å². The van der Waals surface area contributed by atoms with Crippen LogP contribution in [0.25, 0.3) is 0 Å². The van der Waals surface area contributed by atoms with E-state index in [0.29, 0.717) is 10.2 Å². The molecule has 0 saturated heterocycles. The van der Waals surface area contributed by atoms with E-state index in [-0.39, 0.29) is 4.90 Å². The summed E-state index contributed by atoms with van der Waals surface area (Å²) in [6, 6.07) is 13.8. The van der Waals surface area contributed by atoms with Crippen LogP contribution in [0, 0.1) is 0 Å². The van der Waals surface area contributed by atoms with Gasteiger partial charge in [0, 0.05) is 34.5 Å². The van der Waals surface area contributed by atoms with E-state index in [1.165, 1.54) is 11.8 Å². The van der Waals surface area contributed by atoms with Crippen molar-refractivity contribution in [2.24, 2.45) is 7.05 Å². The van der Waals surface area contributed by atoms with Gasteiger partial charge in [0.1, 0.15) is 0 Å². The van der Waals surface area contributed by atoms with E-state index in [2.05, 4.69) is 25.6 Å². The first-order valence-electron chi connectivity index (χ1n) is 6.98. The van der Waals surface area contributed by atoms with Gasteiger partial charge in [0.2, 0.25) is 0 Å². The van der Waals surface area contributed by atoms with E-state index in [1.807, 2.05) is 29.9 Å². The van der Waals surface area contributed by atoms with Gasteiger partial charge < -0.3 is 4.57 Å². The molecule has 8 heteroatoms. The Labute approximate surface area is 153 Å². The summed E-state index contributed by atoms with van der Waals surface area (Å²) in [6.07, 6.45) is 3.62. The molecule has 0 spiro atoms. The minimum atomic E-state index is -3.61. The number of imidazole rings is 1. The zero-order valence-corrected chi connectivity index (χ0v) is 15.9. The molecule has 0 aliphatic carbocycles. The van der Waals surface area contributed by atoms with Crippen LogP contribution >= 0.6 is 27.7 Å². The molecule has 1 N–H and O–H groups in total. The van der Waals surface area contributed by atoms with E-state index >= 15 is 0 Å². The number of aryl methyl sites for hydroxylation is 1. The molecule has 0 amide bonds. The number of benzene rings is 2. The maximum Gasteiger partial charge on any atom is 0.261 e. The Morgan fingerprint density at radius 3 is 2.54 bits per heavy atom. The number of hydrogen-bond donors (Lipinski definition) is 1. The number of aromatic nitrogens is 2. The highest BCUT2D eigenvalue weighted by atomic mass is 79.9. The van der Waals surface area contributed by atoms with Crippen LogP contribution < -0.4 is 4.72 Å². The Hall–Kier alpha value is -1.77. The van der Waals surface area contributed by atoms with Gasteiger partial charge in [-0.1, -0.05) is 33.8 Å². The number of hydrogen-bond acceptors (Lipinski definition) is 4. The maximum absolute atomic E-state index is 12.4. The second-order valence-corrected chi connectivity index (χ2v) is 8.65. The van der Waals surface area contributed by atoms with Crippen LogP contribution in [0.3, 0.4) is 0 Å². The largest absolute Gasteiger partial charge is 0.329 e. The standard InChI is InChI=1S/C16H14BrN3O2S2/c1-20-10-9-18-16(20)23-14-7-5-13(6-8-14)19-24(21,22)15-4-2-3-12(17)11-15/h2-11,19H,1H3. The predicted molar refractivity (Wildman–Crippen MR) is 98.7 cm³/mol. The molecule has 0 saturated carbocycles. The fourth-order valence-electron chi connectivity index (χ4n) is 1.99. The van der Waals surface area contributed by atoms with Crippen molar-refractivity contribution in [2.75, 3.05) is 4.72 Å². The summed E-state index contributed by atoms with van der Waals surface area (Å²) in [5, 5.41) is 0.873. The van der Waals surface area contributed by atoms with Crippen molar-refractivity contribution < 1.29 is 8.42 Å². The van der Waals surface area contributed by atoms with Crippen LogP contribution in [0.5, 0.6) is 0 Å². The highest BCUT2D eigenvalue weighted by Crippen LogP contribution is 2.27. The van der Waals surface area contributed by atoms with Crippen molar-refractivity contribution in [3.8, 4) is 0 Å². The molecule has 3 rings (SSSR count). The first-order chi connectivity index (χ1) is 11.4. The molecule has 0 fully saturated rings. The number of nitrogens with zero attached hydrogens (tertiary/aromatic N) is 2. The Balaban J connectivity index is 1.75. The Bertz CT molecular complexity index is 953. The monoisotopic (exact) mass is 423 g/mol. The summed E-state index contributed by atoms with van der Waals surface area (Å²) in [5.41, 5.74) is 0.513. The highest BCUT2D eigenvalue weighted by molar-refractivity contribution is 9.10. The molecule has 124 valence electrons. The van der Waals surface area contributed by atoms with Gasteiger partial charge in [-0.15, -0.1) is 0 Å². The third-order valence-corrected chi connectivity index (χ3v) is 6.16. The molecule has 0 aliphatic heterocycles. The van der Waals surface area contributed by atoms with Crippen molar-refractivity contribution in [3.63, 3.8) is 0 Å². The molecule has 0 unspecified atom stereocenters. The van der Waals surface area contributed by atoms with Gasteiger partial charge in [0.05, 0.1) is 4.90 Å². The molecule has 3 aromatic rings. The normalized spacial score (nSPS) is 11.4. The lowest BCUT2D eigenvalue weighted by molar-refractivity contribution is 0.601. The Morgan fingerprint density at radius 2 is 1.92 bits per heavy atom. The van der Waals surface area contributed by atoms with Crippen LogP contribution in [0.15, 0.2) is 80.3 Å². The lowest BCUT2D eigenvalue weighted by Crippen LogP contribution is -2.12. The average molecular weight is 424 g/mol. The van der Waals surface area contributed by atoms with Gasteiger partial charge in [0.25, 0.3) is 10.0 Å². The molecule has 5 nitrogen and oxygen atoms in total. The summed E-state index contributed by atoms with van der Waals surface area (Å²) in [4.78, 5) is 5.44. The van der Waals surface area contributed by atoms with Gasteiger partial charge in [-0.2, -0.15) is 0 Å². The van der Waals surface area contributed by atoms with Crippen molar-refractivity contribution >= 4 is 43.4 Å². The van der Waals surface area contributed by atoms with Crippen LogP contribution in [0.1, 0.15) is 0 Å². The van der Waals surface area contributed by atoms with Gasteiger partial charge >= 0.3 is 0 Å². The van der Waals surface area contributed by atoms with Crippen molar-refractivity contribution in [2.45, 2.75) is 14.9 Å². The second kappa shape index (κ2) is 7.00. The van der Waals surface area contributed by atoms with Crippen molar-refractivity contribution in [3.05, 3.63) is 65.4 Å². The number of halogens is 1. The Kier molecular flexibility index (Phi) is 4.98. The van der Waals surface area contributed by atoms with Gasteiger partial charge in [-0.05, 0) is 42.5 Å². The molecule has 2 aromatic carbocycles. The minimum absolute atomic E-state index is 0.211. The number of nitrogens with one attached hydrogen (secondary N) is 1. The zero-order chi connectivity index (χ0) is 17.2. The van der Waals surface area contributed by atoms with Crippen LogP contribution in [0.4, 0.5) is 5.69 Å². The van der Waals surface area contributed by atoms with E-state index in [0.717, 1.165) is 10.1 Å². The molecule has 0 radical (unpaired) electrons. The molecule has 0 atom stereocenters. The number of rotatable bonds is 5. The number of sulfonamides is 1. The summed E-state index contributed by atoms with van der Waals surface area (Å²) in [6.45, 7) is 0. The minimum Gasteiger partial charge on any atom is -0.329 e. The van der Waals surface area contributed by atoms with E-state index < -0.39 is 10.0 Å². The van der Waals surface area contributed by atoms with Crippen molar-refractivity contribution in [1.29, 1.82) is 0 Å². The molecule has 0 aliphatic rings. The van der Waals surface area contributed by atoms with Crippen LogP contribution in [-0.4, -0.2) is 18.0 Å². The molecule has 0 bridgehead atoms. The molecule has 24 heavy (non-hydrogen) atoms. The fourth-order valence-corrected chi connectivity index (χ4v) is 4.45. The first kappa shape index (κ1) is 17.1. The summed E-state index contributed by atoms with van der Waals surface area (Å²) >= 11 is 4.80. The summed E-state index contributed by atoms with van der Waals surface area (Å²) < 4.78 is 30.0. The van der Waals surface area contributed by atoms with Gasteiger partial charge in [0.15, 0.2) is 5.16 Å². The molecule has 1 aromatic heterocycles. The van der Waals surface area contributed by atoms with Crippen molar-refractivity contribution in [1.82, 2.24) is 9.55 Å². The smallest absolute Gasteiger partial charge is 0.261 e. The SMILES string of the molecule is Cn1ccnc1Sc1ccc(NS(=O)(=O)c2cccc(Br)c2)cc1. The summed E-state index contributed by atoms with van der Waals surface area (Å²) in [5.74, 6) is 0. The third-order valence-electron chi connectivity index (χ3n) is 3.20. The Morgan fingerprint density at radius 1 is 1.17 bits per heavy atom. The second-order valence-electron chi connectivity index (χ2n) is 5.01.